The minimum absolute atomic E-state index is 0.284. The molecule has 2 aliphatic heterocycles. The van der Waals surface area contributed by atoms with E-state index in [0.717, 1.165) is 32.5 Å². The summed E-state index contributed by atoms with van der Waals surface area (Å²) in [6.07, 6.45) is 5.58. The maximum absolute atomic E-state index is 6.36. The summed E-state index contributed by atoms with van der Waals surface area (Å²) < 4.78 is 11.8. The minimum Gasteiger partial charge on any atom is -0.348 e. The number of hydrogen-bond donors (Lipinski definition) is 1. The number of rotatable bonds is 2. The monoisotopic (exact) mass is 254 g/mol. The van der Waals surface area contributed by atoms with Crippen LogP contribution in [-0.4, -0.2) is 49.1 Å². The Morgan fingerprint density at radius 1 is 1.28 bits per heavy atom. The molecule has 18 heavy (non-hydrogen) atoms. The molecule has 1 aliphatic carbocycles. The molecule has 3 unspecified atom stereocenters. The highest BCUT2D eigenvalue weighted by Gasteiger charge is 2.49. The number of ether oxygens (including phenoxy) is 2. The van der Waals surface area contributed by atoms with Crippen LogP contribution < -0.4 is 5.73 Å². The van der Waals surface area contributed by atoms with Gasteiger partial charge in [0.15, 0.2) is 5.79 Å². The molecule has 3 rings (SSSR count). The second-order valence-corrected chi connectivity index (χ2v) is 6.07. The van der Waals surface area contributed by atoms with Gasteiger partial charge in [0.2, 0.25) is 0 Å². The summed E-state index contributed by atoms with van der Waals surface area (Å²) in [5.41, 5.74) is 6.36. The van der Waals surface area contributed by atoms with Gasteiger partial charge in [-0.3, -0.25) is 4.90 Å². The van der Waals surface area contributed by atoms with Crippen LogP contribution in [0.25, 0.3) is 0 Å². The molecule has 4 heteroatoms. The molecule has 2 N–H and O–H groups in total. The van der Waals surface area contributed by atoms with Crippen LogP contribution in [0.5, 0.6) is 0 Å². The number of nitrogens with zero attached hydrogens (tertiary/aromatic N) is 1. The molecule has 2 heterocycles. The number of piperidine rings is 1. The molecule has 104 valence electrons. The maximum Gasteiger partial charge on any atom is 0.168 e. The zero-order chi connectivity index (χ0) is 12.6. The first-order valence-electron chi connectivity index (χ1n) is 7.52. The summed E-state index contributed by atoms with van der Waals surface area (Å²) in [4.78, 5) is 2.65. The Labute approximate surface area is 110 Å². The van der Waals surface area contributed by atoms with Crippen molar-refractivity contribution >= 4 is 0 Å². The van der Waals surface area contributed by atoms with Crippen LogP contribution in [0, 0.1) is 5.92 Å². The average Bonchev–Trinajstić information content (AvgIpc) is 2.82. The first-order valence-corrected chi connectivity index (χ1v) is 7.52. The number of hydrogen-bond acceptors (Lipinski definition) is 4. The fraction of sp³-hybridized carbons (Fsp3) is 1.00. The van der Waals surface area contributed by atoms with E-state index in [0.29, 0.717) is 18.0 Å². The van der Waals surface area contributed by atoms with Crippen LogP contribution in [-0.2, 0) is 9.47 Å². The fourth-order valence-corrected chi connectivity index (χ4v) is 4.09. The smallest absolute Gasteiger partial charge is 0.168 e. The topological polar surface area (TPSA) is 47.7 Å². The van der Waals surface area contributed by atoms with Gasteiger partial charge in [0.1, 0.15) is 0 Å². The standard InChI is InChI=1S/C14H26N2O2/c1-2-6-16-7-4-12(15)11-10-14(5-3-13(11)16)17-8-9-18-14/h11-13H,2-10,15H2,1H3. The molecule has 4 nitrogen and oxygen atoms in total. The summed E-state index contributed by atoms with van der Waals surface area (Å²) in [7, 11) is 0. The van der Waals surface area contributed by atoms with Crippen LogP contribution in [0.1, 0.15) is 39.0 Å². The van der Waals surface area contributed by atoms with Gasteiger partial charge in [-0.2, -0.15) is 0 Å². The van der Waals surface area contributed by atoms with Gasteiger partial charge in [0.25, 0.3) is 0 Å². The first kappa shape index (κ1) is 12.9. The third kappa shape index (κ3) is 2.20. The second-order valence-electron chi connectivity index (χ2n) is 6.07. The Morgan fingerprint density at radius 2 is 2.06 bits per heavy atom. The van der Waals surface area contributed by atoms with Crippen LogP contribution in [0.4, 0.5) is 0 Å². The molecular weight excluding hydrogens is 228 g/mol. The molecule has 1 saturated carbocycles. The highest BCUT2D eigenvalue weighted by molar-refractivity contribution is 4.99. The largest absolute Gasteiger partial charge is 0.348 e. The Balaban J connectivity index is 1.72. The van der Waals surface area contributed by atoms with E-state index in [-0.39, 0.29) is 5.79 Å². The van der Waals surface area contributed by atoms with Gasteiger partial charge in [-0.05, 0) is 38.3 Å². The lowest BCUT2D eigenvalue weighted by atomic mass is 9.73. The quantitative estimate of drug-likeness (QED) is 0.808. The molecular formula is C14H26N2O2. The van der Waals surface area contributed by atoms with Crippen LogP contribution in [0.15, 0.2) is 0 Å². The van der Waals surface area contributed by atoms with Gasteiger partial charge >= 0.3 is 0 Å². The van der Waals surface area contributed by atoms with Crippen molar-refractivity contribution in [2.45, 2.75) is 56.9 Å². The number of nitrogens with two attached hydrogens (primary N) is 1. The molecule has 0 amide bonds. The zero-order valence-electron chi connectivity index (χ0n) is 11.4. The van der Waals surface area contributed by atoms with Crippen LogP contribution in [0.2, 0.25) is 0 Å². The van der Waals surface area contributed by atoms with Crippen molar-refractivity contribution in [3.63, 3.8) is 0 Å². The van der Waals surface area contributed by atoms with Crippen molar-refractivity contribution in [3.05, 3.63) is 0 Å². The highest BCUT2D eigenvalue weighted by atomic mass is 16.7. The molecule has 0 aromatic rings. The summed E-state index contributed by atoms with van der Waals surface area (Å²) in [5.74, 6) is 0.269. The molecule has 0 radical (unpaired) electrons. The fourth-order valence-electron chi connectivity index (χ4n) is 4.09. The summed E-state index contributed by atoms with van der Waals surface area (Å²) in [5, 5.41) is 0. The predicted octanol–water partition coefficient (Wildman–Crippen LogP) is 1.34. The Kier molecular flexibility index (Phi) is 3.63. The van der Waals surface area contributed by atoms with Gasteiger partial charge in [-0.25, -0.2) is 0 Å². The SMILES string of the molecule is CCCN1CCC(N)C2CC3(CCC21)OCCO3. The van der Waals surface area contributed by atoms with E-state index >= 15 is 0 Å². The van der Waals surface area contributed by atoms with E-state index in [1.165, 1.54) is 25.9 Å². The van der Waals surface area contributed by atoms with Crippen molar-refractivity contribution in [1.82, 2.24) is 4.90 Å². The van der Waals surface area contributed by atoms with E-state index < -0.39 is 0 Å². The Hall–Kier alpha value is -0.160. The van der Waals surface area contributed by atoms with Crippen molar-refractivity contribution in [2.75, 3.05) is 26.3 Å². The van der Waals surface area contributed by atoms with Gasteiger partial charge in [0.05, 0.1) is 13.2 Å². The Bertz CT molecular complexity index is 292. The van der Waals surface area contributed by atoms with Crippen molar-refractivity contribution in [3.8, 4) is 0 Å². The lowest BCUT2D eigenvalue weighted by Crippen LogP contribution is -2.59. The lowest BCUT2D eigenvalue weighted by molar-refractivity contribution is -0.202. The van der Waals surface area contributed by atoms with E-state index in [1.54, 1.807) is 0 Å². The van der Waals surface area contributed by atoms with E-state index in [9.17, 15) is 0 Å². The minimum atomic E-state index is -0.284. The normalized spacial score (nSPS) is 40.0. The molecule has 2 saturated heterocycles. The molecule has 3 fully saturated rings. The third-order valence-corrected chi connectivity index (χ3v) is 4.95. The molecule has 1 spiro atoms. The van der Waals surface area contributed by atoms with Crippen LogP contribution in [0.3, 0.4) is 0 Å². The summed E-state index contributed by atoms with van der Waals surface area (Å²) >= 11 is 0. The molecule has 3 aliphatic rings. The molecule has 3 atom stereocenters. The first-order chi connectivity index (χ1) is 8.74. The van der Waals surface area contributed by atoms with E-state index in [2.05, 4.69) is 11.8 Å². The van der Waals surface area contributed by atoms with Crippen molar-refractivity contribution < 1.29 is 9.47 Å². The van der Waals surface area contributed by atoms with Crippen molar-refractivity contribution in [2.24, 2.45) is 11.7 Å². The summed E-state index contributed by atoms with van der Waals surface area (Å²) in [6.45, 7) is 6.15. The van der Waals surface area contributed by atoms with Gasteiger partial charge in [-0.15, -0.1) is 0 Å². The van der Waals surface area contributed by atoms with Gasteiger partial charge in [-0.1, -0.05) is 6.92 Å². The molecule has 0 bridgehead atoms. The average molecular weight is 254 g/mol. The predicted molar refractivity (Wildman–Crippen MR) is 70.2 cm³/mol. The lowest BCUT2D eigenvalue weighted by Gasteiger charge is -2.51. The molecule has 0 aromatic heterocycles. The number of likely N-dealkylation sites (tertiary alicyclic amines) is 1. The Morgan fingerprint density at radius 3 is 2.78 bits per heavy atom. The molecule has 0 aromatic carbocycles. The van der Waals surface area contributed by atoms with Gasteiger partial charge < -0.3 is 15.2 Å². The van der Waals surface area contributed by atoms with Gasteiger partial charge in [0, 0.05) is 24.9 Å². The third-order valence-electron chi connectivity index (χ3n) is 4.95. The van der Waals surface area contributed by atoms with Crippen LogP contribution >= 0.6 is 0 Å². The van der Waals surface area contributed by atoms with E-state index in [4.69, 9.17) is 15.2 Å². The maximum atomic E-state index is 6.36. The second kappa shape index (κ2) is 5.08. The zero-order valence-corrected chi connectivity index (χ0v) is 11.4. The highest BCUT2D eigenvalue weighted by Crippen LogP contribution is 2.43. The van der Waals surface area contributed by atoms with Crippen molar-refractivity contribution in [1.29, 1.82) is 0 Å². The van der Waals surface area contributed by atoms with E-state index in [1.807, 2.05) is 0 Å². The summed E-state index contributed by atoms with van der Waals surface area (Å²) in [6, 6.07) is 0.986. The number of fused-ring (bicyclic) bond motifs is 1.